The largest absolute Gasteiger partial charge is 0.300 e. The molecule has 0 aromatic heterocycles. The van der Waals surface area contributed by atoms with E-state index in [4.69, 9.17) is 4.18 Å². The minimum absolute atomic E-state index is 0.371. The van der Waals surface area contributed by atoms with Crippen molar-refractivity contribution in [3.63, 3.8) is 0 Å². The highest BCUT2D eigenvalue weighted by molar-refractivity contribution is 7.99. The maximum Gasteiger partial charge on any atom is 0.300 e. The van der Waals surface area contributed by atoms with Crippen molar-refractivity contribution in [3.8, 4) is 0 Å². The fourth-order valence-corrected chi connectivity index (χ4v) is 3.38. The van der Waals surface area contributed by atoms with Gasteiger partial charge in [0.1, 0.15) is 5.75 Å². The fourth-order valence-electron chi connectivity index (χ4n) is 0.975. The van der Waals surface area contributed by atoms with E-state index in [1.165, 1.54) is 30.1 Å². The van der Waals surface area contributed by atoms with Gasteiger partial charge in [-0.1, -0.05) is 6.92 Å². The maximum absolute atomic E-state index is 5.46. The number of thioether (sulfide) groups is 1. The Morgan fingerprint density at radius 2 is 2.18 bits per heavy atom. The minimum atomic E-state index is 0.371. The second-order valence-electron chi connectivity index (χ2n) is 2.60. The summed E-state index contributed by atoms with van der Waals surface area (Å²) >= 11 is 2.43. The Hall–Kier alpha value is 0.660. The van der Waals surface area contributed by atoms with Crippen molar-refractivity contribution in [1.82, 2.24) is 0 Å². The molecule has 1 heterocycles. The lowest BCUT2D eigenvalue weighted by molar-refractivity contribution is 0.452. The lowest BCUT2D eigenvalue weighted by atomic mass is 10.5. The van der Waals surface area contributed by atoms with Crippen molar-refractivity contribution in [2.45, 2.75) is 32.1 Å². The molecule has 0 spiro atoms. The molecule has 66 valence electrons. The minimum Gasteiger partial charge on any atom is -0.162 e. The zero-order chi connectivity index (χ0) is 8.10. The predicted octanol–water partition coefficient (Wildman–Crippen LogP) is 2.43. The second-order valence-corrected chi connectivity index (χ2v) is 5.88. The van der Waals surface area contributed by atoms with Crippen LogP contribution in [0.5, 0.6) is 0 Å². The van der Waals surface area contributed by atoms with Crippen molar-refractivity contribution in [3.05, 3.63) is 0 Å². The van der Waals surface area contributed by atoms with Gasteiger partial charge in [0.25, 0.3) is 5.44 Å². The Bertz CT molecular complexity index is 108. The summed E-state index contributed by atoms with van der Waals surface area (Å²) in [6.45, 7) is 4.44. The van der Waals surface area contributed by atoms with E-state index < -0.39 is 0 Å². The van der Waals surface area contributed by atoms with Crippen LogP contribution in [-0.4, -0.2) is 22.7 Å². The van der Waals surface area contributed by atoms with Crippen LogP contribution < -0.4 is 0 Å². The average Bonchev–Trinajstić information content (AvgIpc) is 2.77. The van der Waals surface area contributed by atoms with E-state index in [0.717, 1.165) is 0 Å². The first kappa shape index (κ1) is 9.75. The lowest BCUT2D eigenvalue weighted by Gasteiger charge is -1.92. The van der Waals surface area contributed by atoms with E-state index in [1.807, 2.05) is 0 Å². The van der Waals surface area contributed by atoms with Gasteiger partial charge in [-0.05, 0) is 19.1 Å². The van der Waals surface area contributed by atoms with Gasteiger partial charge in [0, 0.05) is 12.2 Å². The molecular formula is C8H17OS2+. The van der Waals surface area contributed by atoms with Crippen LogP contribution in [0.4, 0.5) is 0 Å². The highest BCUT2D eigenvalue weighted by Crippen LogP contribution is 2.31. The van der Waals surface area contributed by atoms with Gasteiger partial charge in [0.05, 0.1) is 0 Å². The molecule has 0 bridgehead atoms. The molecule has 0 aromatic carbocycles. The molecule has 1 aliphatic heterocycles. The normalized spacial score (nSPS) is 28.9. The summed E-state index contributed by atoms with van der Waals surface area (Å²) in [6.07, 6.45) is 2.58. The summed E-state index contributed by atoms with van der Waals surface area (Å²) < 4.78 is 5.46. The third-order valence-electron chi connectivity index (χ3n) is 1.62. The molecule has 0 saturated carbocycles. The molecule has 2 atom stereocenters. The Kier molecular flexibility index (Phi) is 4.72. The predicted molar refractivity (Wildman–Crippen MR) is 55.0 cm³/mol. The van der Waals surface area contributed by atoms with E-state index in [-0.39, 0.29) is 0 Å². The molecule has 1 saturated heterocycles. The quantitative estimate of drug-likeness (QED) is 0.365. The molecule has 0 N–H and O–H groups in total. The van der Waals surface area contributed by atoms with Gasteiger partial charge in [-0.15, -0.1) is 4.18 Å². The molecule has 1 fully saturated rings. The SMILES string of the molecule is CCCSCCC1O[S+]1CC. The Morgan fingerprint density at radius 1 is 1.36 bits per heavy atom. The summed E-state index contributed by atoms with van der Waals surface area (Å²) in [5, 5.41) is 0. The summed E-state index contributed by atoms with van der Waals surface area (Å²) in [6, 6.07) is 0. The zero-order valence-corrected chi connectivity index (χ0v) is 8.97. The lowest BCUT2D eigenvalue weighted by Crippen LogP contribution is -1.93. The molecule has 1 nitrogen and oxygen atoms in total. The average molecular weight is 193 g/mol. The first-order valence-corrected chi connectivity index (χ1v) is 6.86. The van der Waals surface area contributed by atoms with Crippen LogP contribution in [-0.2, 0) is 15.4 Å². The van der Waals surface area contributed by atoms with Gasteiger partial charge < -0.3 is 0 Å². The van der Waals surface area contributed by atoms with Crippen molar-refractivity contribution in [2.75, 3.05) is 17.3 Å². The number of hydrogen-bond acceptors (Lipinski definition) is 2. The second kappa shape index (κ2) is 5.33. The summed E-state index contributed by atoms with van der Waals surface area (Å²) in [5.41, 5.74) is 0.643. The highest BCUT2D eigenvalue weighted by Gasteiger charge is 2.52. The van der Waals surface area contributed by atoms with Crippen LogP contribution in [0.2, 0.25) is 0 Å². The van der Waals surface area contributed by atoms with Gasteiger partial charge in [-0.2, -0.15) is 11.8 Å². The van der Waals surface area contributed by atoms with Crippen LogP contribution >= 0.6 is 11.8 Å². The van der Waals surface area contributed by atoms with Crippen LogP contribution in [0.25, 0.3) is 0 Å². The van der Waals surface area contributed by atoms with Gasteiger partial charge in [-0.3, -0.25) is 0 Å². The van der Waals surface area contributed by atoms with Crippen molar-refractivity contribution in [2.24, 2.45) is 0 Å². The standard InChI is InChI=1S/C8H17OS2/c1-3-6-10-7-5-8-9-11(8)4-2/h8H,3-7H2,1-2H3/q+1. The molecule has 1 aliphatic rings. The van der Waals surface area contributed by atoms with Gasteiger partial charge in [-0.25, -0.2) is 0 Å². The van der Waals surface area contributed by atoms with Gasteiger partial charge >= 0.3 is 0 Å². The van der Waals surface area contributed by atoms with E-state index >= 15 is 0 Å². The van der Waals surface area contributed by atoms with Crippen molar-refractivity contribution < 1.29 is 4.18 Å². The third-order valence-corrected chi connectivity index (χ3v) is 4.62. The molecule has 0 aromatic rings. The fraction of sp³-hybridized carbons (Fsp3) is 1.00. The molecule has 2 unspecified atom stereocenters. The van der Waals surface area contributed by atoms with Crippen LogP contribution in [0.1, 0.15) is 26.7 Å². The first-order chi connectivity index (χ1) is 5.38. The molecule has 11 heavy (non-hydrogen) atoms. The van der Waals surface area contributed by atoms with Crippen molar-refractivity contribution in [1.29, 1.82) is 0 Å². The third kappa shape index (κ3) is 3.72. The molecule has 0 amide bonds. The Labute approximate surface area is 76.8 Å². The molecule has 0 radical (unpaired) electrons. The first-order valence-electron chi connectivity index (χ1n) is 4.33. The summed E-state index contributed by atoms with van der Waals surface area (Å²) in [5.74, 6) is 3.83. The van der Waals surface area contributed by atoms with E-state index in [0.29, 0.717) is 16.6 Å². The van der Waals surface area contributed by atoms with Crippen LogP contribution in [0, 0.1) is 0 Å². The maximum atomic E-state index is 5.46. The highest BCUT2D eigenvalue weighted by atomic mass is 32.2. The Morgan fingerprint density at radius 3 is 2.73 bits per heavy atom. The smallest absolute Gasteiger partial charge is 0.162 e. The molecule has 0 aliphatic carbocycles. The summed E-state index contributed by atoms with van der Waals surface area (Å²) in [7, 11) is 0. The zero-order valence-electron chi connectivity index (χ0n) is 7.34. The van der Waals surface area contributed by atoms with Gasteiger partial charge in [0.2, 0.25) is 0 Å². The molecular weight excluding hydrogens is 176 g/mol. The Balaban J connectivity index is 1.82. The number of rotatable bonds is 6. The van der Waals surface area contributed by atoms with Crippen LogP contribution in [0.3, 0.4) is 0 Å². The van der Waals surface area contributed by atoms with E-state index in [2.05, 4.69) is 25.6 Å². The van der Waals surface area contributed by atoms with Gasteiger partial charge in [0.15, 0.2) is 11.2 Å². The molecule has 3 heteroatoms. The monoisotopic (exact) mass is 193 g/mol. The topological polar surface area (TPSA) is 12.5 Å². The van der Waals surface area contributed by atoms with Crippen LogP contribution in [0.15, 0.2) is 0 Å². The summed E-state index contributed by atoms with van der Waals surface area (Å²) in [4.78, 5) is 0. The molecule has 1 rings (SSSR count). The van der Waals surface area contributed by atoms with E-state index in [9.17, 15) is 0 Å². The number of hydrogen-bond donors (Lipinski definition) is 0. The van der Waals surface area contributed by atoms with Crippen molar-refractivity contribution >= 4 is 22.9 Å². The van der Waals surface area contributed by atoms with E-state index in [1.54, 1.807) is 0 Å².